The van der Waals surface area contributed by atoms with Crippen molar-refractivity contribution in [2.75, 3.05) is 13.7 Å². The van der Waals surface area contributed by atoms with Crippen LogP contribution in [0.2, 0.25) is 0 Å². The predicted octanol–water partition coefficient (Wildman–Crippen LogP) is 1.04. The van der Waals surface area contributed by atoms with Gasteiger partial charge in [-0.3, -0.25) is 0 Å². The molecule has 0 spiro atoms. The van der Waals surface area contributed by atoms with Gasteiger partial charge in [-0.15, -0.1) is 0 Å². The standard InChI is InChI=1S/C6H12F2O2/c1-5(9,4-10-3)6(2,7)8/h9H,4H2,1-3H3. The average Bonchev–Trinajstić information content (AvgIpc) is 1.61. The Morgan fingerprint density at radius 2 is 1.80 bits per heavy atom. The van der Waals surface area contributed by atoms with E-state index in [1.807, 2.05) is 0 Å². The van der Waals surface area contributed by atoms with Crippen molar-refractivity contribution in [1.29, 1.82) is 0 Å². The van der Waals surface area contributed by atoms with Crippen LogP contribution in [0.1, 0.15) is 13.8 Å². The van der Waals surface area contributed by atoms with E-state index in [1.165, 1.54) is 7.11 Å². The van der Waals surface area contributed by atoms with Gasteiger partial charge in [0.15, 0.2) is 0 Å². The molecule has 0 aromatic rings. The van der Waals surface area contributed by atoms with Gasteiger partial charge >= 0.3 is 0 Å². The fraction of sp³-hybridized carbons (Fsp3) is 1.00. The second kappa shape index (κ2) is 2.80. The maximum absolute atomic E-state index is 12.4. The SMILES string of the molecule is COCC(C)(O)C(C)(F)F. The summed E-state index contributed by atoms with van der Waals surface area (Å²) in [5.41, 5.74) is -2.07. The van der Waals surface area contributed by atoms with Crippen LogP contribution >= 0.6 is 0 Å². The molecular weight excluding hydrogens is 142 g/mol. The van der Waals surface area contributed by atoms with Crippen LogP contribution in [0.25, 0.3) is 0 Å². The number of aliphatic hydroxyl groups is 1. The minimum atomic E-state index is -3.12. The molecule has 1 atom stereocenters. The molecule has 2 nitrogen and oxygen atoms in total. The zero-order valence-electron chi connectivity index (χ0n) is 6.32. The van der Waals surface area contributed by atoms with E-state index < -0.39 is 11.5 Å². The lowest BCUT2D eigenvalue weighted by Gasteiger charge is -2.28. The Kier molecular flexibility index (Phi) is 2.74. The van der Waals surface area contributed by atoms with Crippen molar-refractivity contribution in [3.63, 3.8) is 0 Å². The summed E-state index contributed by atoms with van der Waals surface area (Å²) in [5, 5.41) is 8.98. The topological polar surface area (TPSA) is 29.5 Å². The monoisotopic (exact) mass is 154 g/mol. The molecule has 1 unspecified atom stereocenters. The minimum absolute atomic E-state index is 0.365. The smallest absolute Gasteiger partial charge is 0.275 e. The van der Waals surface area contributed by atoms with Crippen molar-refractivity contribution in [3.8, 4) is 0 Å². The van der Waals surface area contributed by atoms with Gasteiger partial charge in [-0.05, 0) is 6.92 Å². The van der Waals surface area contributed by atoms with E-state index in [1.54, 1.807) is 0 Å². The van der Waals surface area contributed by atoms with Gasteiger partial charge in [-0.25, -0.2) is 8.78 Å². The van der Waals surface area contributed by atoms with Crippen LogP contribution in [0, 0.1) is 0 Å². The van der Waals surface area contributed by atoms with Crippen molar-refractivity contribution in [2.24, 2.45) is 0 Å². The molecule has 10 heavy (non-hydrogen) atoms. The first kappa shape index (κ1) is 9.78. The lowest BCUT2D eigenvalue weighted by atomic mass is 10.0. The molecule has 0 aliphatic carbocycles. The van der Waals surface area contributed by atoms with Gasteiger partial charge in [0.05, 0.1) is 6.61 Å². The fourth-order valence-electron chi connectivity index (χ4n) is 0.408. The van der Waals surface area contributed by atoms with Crippen LogP contribution in [-0.2, 0) is 4.74 Å². The second-order valence-electron chi connectivity index (χ2n) is 2.60. The molecule has 0 saturated carbocycles. The van der Waals surface area contributed by atoms with Crippen molar-refractivity contribution in [2.45, 2.75) is 25.4 Å². The number of hydrogen-bond acceptors (Lipinski definition) is 2. The van der Waals surface area contributed by atoms with Crippen LogP contribution in [0.4, 0.5) is 8.78 Å². The lowest BCUT2D eigenvalue weighted by molar-refractivity contribution is -0.181. The van der Waals surface area contributed by atoms with Gasteiger partial charge in [-0.1, -0.05) is 0 Å². The van der Waals surface area contributed by atoms with E-state index in [9.17, 15) is 8.78 Å². The summed E-state index contributed by atoms with van der Waals surface area (Å²) < 4.78 is 29.1. The maximum atomic E-state index is 12.4. The van der Waals surface area contributed by atoms with E-state index in [0.29, 0.717) is 6.92 Å². The number of alkyl halides is 2. The van der Waals surface area contributed by atoms with Crippen LogP contribution in [0.3, 0.4) is 0 Å². The first-order valence-electron chi connectivity index (χ1n) is 2.90. The molecule has 0 aromatic heterocycles. The van der Waals surface area contributed by atoms with Gasteiger partial charge < -0.3 is 9.84 Å². The molecule has 0 radical (unpaired) electrons. The number of methoxy groups -OCH3 is 1. The normalized spacial score (nSPS) is 18.6. The minimum Gasteiger partial charge on any atom is -0.381 e. The fourth-order valence-corrected chi connectivity index (χ4v) is 0.408. The number of hydrogen-bond donors (Lipinski definition) is 1. The Morgan fingerprint density at radius 3 is 1.90 bits per heavy atom. The molecule has 0 rings (SSSR count). The third-order valence-corrected chi connectivity index (χ3v) is 1.37. The molecule has 0 heterocycles. The summed E-state index contributed by atoms with van der Waals surface area (Å²) in [7, 11) is 1.26. The van der Waals surface area contributed by atoms with Gasteiger partial charge in [0.25, 0.3) is 5.92 Å². The number of halogens is 2. The molecule has 0 aliphatic heterocycles. The summed E-state index contributed by atoms with van der Waals surface area (Å²) in [6.45, 7) is 1.33. The Labute approximate surface area is 58.8 Å². The van der Waals surface area contributed by atoms with Gasteiger partial charge in [0, 0.05) is 14.0 Å². The van der Waals surface area contributed by atoms with Gasteiger partial charge in [0.1, 0.15) is 5.60 Å². The van der Waals surface area contributed by atoms with Crippen molar-refractivity contribution in [3.05, 3.63) is 0 Å². The van der Waals surface area contributed by atoms with Gasteiger partial charge in [0.2, 0.25) is 0 Å². The summed E-state index contributed by atoms with van der Waals surface area (Å²) in [5.74, 6) is -3.12. The molecule has 1 N–H and O–H groups in total. The number of rotatable bonds is 3. The molecule has 0 aromatic carbocycles. The van der Waals surface area contributed by atoms with Crippen LogP contribution < -0.4 is 0 Å². The first-order valence-corrected chi connectivity index (χ1v) is 2.90. The Balaban J connectivity index is 4.10. The number of ether oxygens (including phenoxy) is 1. The maximum Gasteiger partial charge on any atom is 0.275 e. The van der Waals surface area contributed by atoms with Crippen LogP contribution in [0.15, 0.2) is 0 Å². The molecule has 0 bridgehead atoms. The Morgan fingerprint density at radius 1 is 1.40 bits per heavy atom. The zero-order valence-corrected chi connectivity index (χ0v) is 6.32. The Hall–Kier alpha value is -0.220. The second-order valence-corrected chi connectivity index (χ2v) is 2.60. The van der Waals surface area contributed by atoms with Crippen molar-refractivity contribution >= 4 is 0 Å². The summed E-state index contributed by atoms with van der Waals surface area (Å²) >= 11 is 0. The highest BCUT2D eigenvalue weighted by atomic mass is 19.3. The van der Waals surface area contributed by atoms with Crippen molar-refractivity contribution in [1.82, 2.24) is 0 Å². The quantitative estimate of drug-likeness (QED) is 0.658. The largest absolute Gasteiger partial charge is 0.381 e. The van der Waals surface area contributed by atoms with Gasteiger partial charge in [-0.2, -0.15) is 0 Å². The molecule has 0 aliphatic rings. The Bertz CT molecular complexity index is 107. The van der Waals surface area contributed by atoms with Crippen LogP contribution in [0.5, 0.6) is 0 Å². The van der Waals surface area contributed by atoms with E-state index in [2.05, 4.69) is 4.74 Å². The van der Waals surface area contributed by atoms with E-state index in [4.69, 9.17) is 5.11 Å². The third kappa shape index (κ3) is 2.19. The predicted molar refractivity (Wildman–Crippen MR) is 33.1 cm³/mol. The summed E-state index contributed by atoms with van der Waals surface area (Å²) in [4.78, 5) is 0. The zero-order chi connectivity index (χ0) is 8.41. The average molecular weight is 154 g/mol. The summed E-state index contributed by atoms with van der Waals surface area (Å²) in [6, 6.07) is 0. The molecule has 0 saturated heterocycles. The summed E-state index contributed by atoms with van der Waals surface area (Å²) in [6.07, 6.45) is 0. The molecule has 0 fully saturated rings. The van der Waals surface area contributed by atoms with Crippen molar-refractivity contribution < 1.29 is 18.6 Å². The van der Waals surface area contributed by atoms with E-state index >= 15 is 0 Å². The first-order chi connectivity index (χ1) is 4.31. The molecule has 62 valence electrons. The highest BCUT2D eigenvalue weighted by molar-refractivity contribution is 4.84. The highest BCUT2D eigenvalue weighted by Crippen LogP contribution is 2.27. The lowest BCUT2D eigenvalue weighted by Crippen LogP contribution is -2.46. The molecular formula is C6H12F2O2. The third-order valence-electron chi connectivity index (χ3n) is 1.37. The van der Waals surface area contributed by atoms with E-state index in [0.717, 1.165) is 6.92 Å². The molecule has 0 amide bonds. The highest BCUT2D eigenvalue weighted by Gasteiger charge is 2.44. The van der Waals surface area contributed by atoms with Crippen LogP contribution in [-0.4, -0.2) is 30.3 Å². The van der Waals surface area contributed by atoms with E-state index in [-0.39, 0.29) is 6.61 Å². The molecule has 4 heteroatoms.